The smallest absolute Gasteiger partial charge is 0.281 e. The third kappa shape index (κ3) is 4.55. The molecule has 3 rings (SSSR count). The van der Waals surface area contributed by atoms with E-state index in [9.17, 15) is 9.90 Å². The van der Waals surface area contributed by atoms with Crippen molar-refractivity contribution in [1.82, 2.24) is 5.43 Å². The Morgan fingerprint density at radius 1 is 1.16 bits per heavy atom. The van der Waals surface area contributed by atoms with Gasteiger partial charge in [-0.05, 0) is 57.1 Å². The number of phenols is 1. The van der Waals surface area contributed by atoms with Crippen molar-refractivity contribution in [2.75, 3.05) is 0 Å². The van der Waals surface area contributed by atoms with Gasteiger partial charge in [0.15, 0.2) is 0 Å². The number of rotatable bonds is 5. The molecule has 6 heteroatoms. The van der Waals surface area contributed by atoms with Crippen LogP contribution < -0.4 is 5.43 Å². The molecule has 0 radical (unpaired) electrons. The summed E-state index contributed by atoms with van der Waals surface area (Å²) in [5.41, 5.74) is 5.20. The number of aromatic hydroxyl groups is 1. The quantitative estimate of drug-likeness (QED) is 0.474. The fourth-order valence-electron chi connectivity index (χ4n) is 2.33. The van der Waals surface area contributed by atoms with E-state index in [2.05, 4.69) is 38.6 Å². The molecule has 1 amide bonds. The summed E-state index contributed by atoms with van der Waals surface area (Å²) in [6, 6.07) is 17.3. The van der Waals surface area contributed by atoms with Gasteiger partial charge in [-0.15, -0.1) is 11.3 Å². The Kier molecular flexibility index (Phi) is 5.63. The van der Waals surface area contributed by atoms with Crippen LogP contribution in [0, 0.1) is 0 Å². The molecule has 0 spiro atoms. The van der Waals surface area contributed by atoms with Gasteiger partial charge in [-0.3, -0.25) is 4.79 Å². The summed E-state index contributed by atoms with van der Waals surface area (Å²) in [6.07, 6.45) is 2.18. The number of carbonyl (C=O) groups excluding carboxylic acids is 1. The minimum Gasteiger partial charge on any atom is -0.506 e. The molecule has 0 aliphatic heterocycles. The van der Waals surface area contributed by atoms with E-state index < -0.39 is 0 Å². The highest BCUT2D eigenvalue weighted by Crippen LogP contribution is 2.29. The van der Waals surface area contributed by atoms with E-state index in [1.807, 2.05) is 35.7 Å². The normalized spacial score (nSPS) is 10.9. The molecule has 126 valence electrons. The second-order valence-corrected chi connectivity index (χ2v) is 7.16. The summed E-state index contributed by atoms with van der Waals surface area (Å²) in [5.74, 6) is -0.184. The van der Waals surface area contributed by atoms with Crippen LogP contribution in [0.3, 0.4) is 0 Å². The summed E-state index contributed by atoms with van der Waals surface area (Å²) in [7, 11) is 0. The van der Waals surface area contributed by atoms with Crippen LogP contribution in [0.15, 0.2) is 69.6 Å². The molecular weight excluding hydrogens is 400 g/mol. The van der Waals surface area contributed by atoms with Gasteiger partial charge in [0.2, 0.25) is 0 Å². The summed E-state index contributed by atoms with van der Waals surface area (Å²) in [5, 5.41) is 16.0. The van der Waals surface area contributed by atoms with Crippen LogP contribution >= 0.6 is 27.3 Å². The van der Waals surface area contributed by atoms with Gasteiger partial charge >= 0.3 is 0 Å². The molecule has 0 aliphatic carbocycles. The van der Waals surface area contributed by atoms with Crippen LogP contribution in [-0.2, 0) is 6.42 Å². The van der Waals surface area contributed by atoms with Crippen LogP contribution in [0.4, 0.5) is 0 Å². The first-order valence-corrected chi connectivity index (χ1v) is 9.23. The number of hydrogen-bond acceptors (Lipinski definition) is 4. The second-order valence-electron chi connectivity index (χ2n) is 5.35. The molecule has 0 atom stereocenters. The standard InChI is InChI=1S/C19H15BrN2O2S/c20-16-11-14(9-13-5-2-1-3-6-13)10-15(18(16)23)12-21-22-19(24)17-7-4-8-25-17/h1-8,10-12,23H,9H2,(H,22,24)/b21-12+. The summed E-state index contributed by atoms with van der Waals surface area (Å²) < 4.78 is 0.590. The Morgan fingerprint density at radius 3 is 2.68 bits per heavy atom. The summed E-state index contributed by atoms with van der Waals surface area (Å²) >= 11 is 4.71. The number of hydrazone groups is 1. The van der Waals surface area contributed by atoms with Crippen LogP contribution in [0.25, 0.3) is 0 Å². The maximum atomic E-state index is 11.9. The highest BCUT2D eigenvalue weighted by molar-refractivity contribution is 9.10. The van der Waals surface area contributed by atoms with E-state index in [-0.39, 0.29) is 11.7 Å². The Hall–Kier alpha value is -2.44. The van der Waals surface area contributed by atoms with Crippen molar-refractivity contribution in [3.8, 4) is 5.75 Å². The molecule has 4 nitrogen and oxygen atoms in total. The molecule has 0 unspecified atom stereocenters. The lowest BCUT2D eigenvalue weighted by molar-refractivity contribution is 0.0959. The predicted molar refractivity (Wildman–Crippen MR) is 104 cm³/mol. The first kappa shape index (κ1) is 17.4. The lowest BCUT2D eigenvalue weighted by Crippen LogP contribution is -2.16. The molecule has 0 saturated heterocycles. The van der Waals surface area contributed by atoms with Crippen LogP contribution in [0.5, 0.6) is 5.75 Å². The Labute approximate surface area is 158 Å². The number of hydrogen-bond donors (Lipinski definition) is 2. The summed E-state index contributed by atoms with van der Waals surface area (Å²) in [6.45, 7) is 0. The Morgan fingerprint density at radius 2 is 1.96 bits per heavy atom. The molecule has 2 aromatic carbocycles. The molecule has 0 saturated carbocycles. The third-order valence-corrected chi connectivity index (χ3v) is 4.99. The lowest BCUT2D eigenvalue weighted by atomic mass is 10.0. The average molecular weight is 415 g/mol. The average Bonchev–Trinajstić information content (AvgIpc) is 3.14. The van der Waals surface area contributed by atoms with Gasteiger partial charge in [0, 0.05) is 5.56 Å². The van der Waals surface area contributed by atoms with Crippen molar-refractivity contribution in [2.45, 2.75) is 6.42 Å². The van der Waals surface area contributed by atoms with Crippen molar-refractivity contribution >= 4 is 39.4 Å². The topological polar surface area (TPSA) is 61.7 Å². The molecule has 0 aliphatic rings. The fraction of sp³-hybridized carbons (Fsp3) is 0.0526. The number of phenolic OH excluding ortho intramolecular Hbond substituents is 1. The van der Waals surface area contributed by atoms with E-state index >= 15 is 0 Å². The van der Waals surface area contributed by atoms with Gasteiger partial charge in [-0.1, -0.05) is 36.4 Å². The largest absolute Gasteiger partial charge is 0.506 e. The molecule has 2 N–H and O–H groups in total. The highest BCUT2D eigenvalue weighted by Gasteiger charge is 2.08. The van der Waals surface area contributed by atoms with Crippen LogP contribution in [0.1, 0.15) is 26.4 Å². The van der Waals surface area contributed by atoms with Gasteiger partial charge < -0.3 is 5.11 Å². The number of benzene rings is 2. The number of thiophene rings is 1. The molecule has 3 aromatic rings. The summed E-state index contributed by atoms with van der Waals surface area (Å²) in [4.78, 5) is 12.5. The van der Waals surface area contributed by atoms with Gasteiger partial charge in [0.05, 0.1) is 15.6 Å². The molecular formula is C19H15BrN2O2S. The maximum Gasteiger partial charge on any atom is 0.281 e. The van der Waals surface area contributed by atoms with Crippen molar-refractivity contribution in [2.24, 2.45) is 5.10 Å². The van der Waals surface area contributed by atoms with E-state index in [1.165, 1.54) is 23.1 Å². The van der Waals surface area contributed by atoms with Crippen molar-refractivity contribution < 1.29 is 9.90 Å². The zero-order valence-electron chi connectivity index (χ0n) is 13.1. The lowest BCUT2D eigenvalue weighted by Gasteiger charge is -2.07. The minimum atomic E-state index is -0.273. The van der Waals surface area contributed by atoms with Crippen molar-refractivity contribution in [3.05, 3.63) is 86.0 Å². The molecule has 0 fully saturated rings. The van der Waals surface area contributed by atoms with Crippen LogP contribution in [-0.4, -0.2) is 17.2 Å². The van der Waals surface area contributed by atoms with Crippen molar-refractivity contribution in [1.29, 1.82) is 0 Å². The first-order valence-electron chi connectivity index (χ1n) is 7.55. The number of nitrogens with zero attached hydrogens (tertiary/aromatic N) is 1. The minimum absolute atomic E-state index is 0.0888. The number of halogens is 1. The van der Waals surface area contributed by atoms with E-state index in [0.29, 0.717) is 14.9 Å². The Bertz CT molecular complexity index is 893. The van der Waals surface area contributed by atoms with Gasteiger partial charge in [0.25, 0.3) is 5.91 Å². The zero-order valence-corrected chi connectivity index (χ0v) is 15.5. The fourth-order valence-corrected chi connectivity index (χ4v) is 3.47. The third-order valence-electron chi connectivity index (χ3n) is 3.52. The highest BCUT2D eigenvalue weighted by atomic mass is 79.9. The monoisotopic (exact) mass is 414 g/mol. The van der Waals surface area contributed by atoms with Crippen molar-refractivity contribution in [3.63, 3.8) is 0 Å². The molecule has 1 aromatic heterocycles. The number of amides is 1. The molecule has 1 heterocycles. The molecule has 25 heavy (non-hydrogen) atoms. The SMILES string of the molecule is O=C(N/N=C/c1cc(Cc2ccccc2)cc(Br)c1O)c1cccs1. The van der Waals surface area contributed by atoms with E-state index in [4.69, 9.17) is 0 Å². The number of carbonyl (C=O) groups is 1. The van der Waals surface area contributed by atoms with Crippen LogP contribution in [0.2, 0.25) is 0 Å². The molecule has 0 bridgehead atoms. The second kappa shape index (κ2) is 8.09. The Balaban J connectivity index is 1.76. The zero-order chi connectivity index (χ0) is 17.6. The van der Waals surface area contributed by atoms with Gasteiger partial charge in [0.1, 0.15) is 5.75 Å². The predicted octanol–water partition coefficient (Wildman–Crippen LogP) is 4.57. The van der Waals surface area contributed by atoms with Gasteiger partial charge in [-0.2, -0.15) is 5.10 Å². The van der Waals surface area contributed by atoms with E-state index in [0.717, 1.165) is 12.0 Å². The first-order chi connectivity index (χ1) is 12.1. The number of nitrogens with one attached hydrogen (secondary N) is 1. The maximum absolute atomic E-state index is 11.9. The van der Waals surface area contributed by atoms with Gasteiger partial charge in [-0.25, -0.2) is 5.43 Å². The van der Waals surface area contributed by atoms with E-state index in [1.54, 1.807) is 12.1 Å².